The fourth-order valence-corrected chi connectivity index (χ4v) is 2.70. The number of nitrogens with one attached hydrogen (secondary N) is 2. The lowest BCUT2D eigenvalue weighted by molar-refractivity contribution is 0.102. The van der Waals surface area contributed by atoms with Gasteiger partial charge in [-0.2, -0.15) is 0 Å². The number of halogens is 1. The van der Waals surface area contributed by atoms with Crippen LogP contribution in [0.2, 0.25) is 5.02 Å². The van der Waals surface area contributed by atoms with Crippen LogP contribution in [0, 0.1) is 20.8 Å². The third-order valence-corrected chi connectivity index (χ3v) is 3.54. The van der Waals surface area contributed by atoms with Gasteiger partial charge in [0.2, 0.25) is 5.95 Å². The second-order valence-electron chi connectivity index (χ2n) is 6.99. The van der Waals surface area contributed by atoms with Crippen LogP contribution < -0.4 is 10.6 Å². The Morgan fingerprint density at radius 1 is 1.08 bits per heavy atom. The zero-order valence-electron chi connectivity index (χ0n) is 14.9. The largest absolute Gasteiger partial charge is 0.350 e. The van der Waals surface area contributed by atoms with E-state index in [1.807, 2.05) is 53.7 Å². The SMILES string of the molecule is Cc1cc(C)c(NC(=O)c2cc(C)nc(NC(C)(C)C)n2)c(Cl)c1. The van der Waals surface area contributed by atoms with Gasteiger partial charge in [0, 0.05) is 11.2 Å². The Bertz CT molecular complexity index is 758. The number of rotatable bonds is 3. The molecule has 0 fully saturated rings. The molecule has 1 aromatic heterocycles. The van der Waals surface area contributed by atoms with Crippen molar-refractivity contribution in [2.24, 2.45) is 0 Å². The van der Waals surface area contributed by atoms with Gasteiger partial charge in [0.05, 0.1) is 10.7 Å². The van der Waals surface area contributed by atoms with Crippen molar-refractivity contribution >= 4 is 29.1 Å². The minimum Gasteiger partial charge on any atom is -0.350 e. The smallest absolute Gasteiger partial charge is 0.274 e. The number of anilines is 2. The van der Waals surface area contributed by atoms with Crippen LogP contribution in [-0.4, -0.2) is 21.4 Å². The molecule has 0 saturated carbocycles. The van der Waals surface area contributed by atoms with E-state index in [4.69, 9.17) is 11.6 Å². The van der Waals surface area contributed by atoms with Crippen molar-refractivity contribution in [2.45, 2.75) is 47.1 Å². The number of aromatic nitrogens is 2. The van der Waals surface area contributed by atoms with E-state index in [9.17, 15) is 4.79 Å². The average molecular weight is 347 g/mol. The molecule has 2 rings (SSSR count). The van der Waals surface area contributed by atoms with Gasteiger partial charge in [-0.15, -0.1) is 0 Å². The molecule has 0 unspecified atom stereocenters. The summed E-state index contributed by atoms with van der Waals surface area (Å²) in [5.41, 5.74) is 3.38. The Morgan fingerprint density at radius 2 is 1.75 bits per heavy atom. The van der Waals surface area contributed by atoms with Crippen molar-refractivity contribution in [1.29, 1.82) is 0 Å². The summed E-state index contributed by atoms with van der Waals surface area (Å²) >= 11 is 6.26. The molecule has 128 valence electrons. The number of aryl methyl sites for hydroxylation is 3. The number of amides is 1. The monoisotopic (exact) mass is 346 g/mol. The predicted octanol–water partition coefficient (Wildman–Crippen LogP) is 4.52. The molecule has 0 aliphatic carbocycles. The first-order chi connectivity index (χ1) is 11.0. The van der Waals surface area contributed by atoms with E-state index in [1.54, 1.807) is 6.07 Å². The molecule has 6 heteroatoms. The fourth-order valence-electron chi connectivity index (χ4n) is 2.33. The molecular formula is C18H23ClN4O. The normalized spacial score (nSPS) is 11.3. The van der Waals surface area contributed by atoms with Crippen molar-refractivity contribution in [3.63, 3.8) is 0 Å². The molecule has 0 atom stereocenters. The summed E-state index contributed by atoms with van der Waals surface area (Å²) in [6.45, 7) is 11.7. The van der Waals surface area contributed by atoms with Gasteiger partial charge in [-0.3, -0.25) is 4.79 Å². The summed E-state index contributed by atoms with van der Waals surface area (Å²) in [5.74, 6) is 0.116. The Kier molecular flexibility index (Phi) is 5.13. The van der Waals surface area contributed by atoms with Crippen LogP contribution in [0.3, 0.4) is 0 Å². The molecule has 24 heavy (non-hydrogen) atoms. The third kappa shape index (κ3) is 4.68. The topological polar surface area (TPSA) is 66.9 Å². The van der Waals surface area contributed by atoms with Gasteiger partial charge in [0.1, 0.15) is 5.69 Å². The molecule has 1 aromatic carbocycles. The van der Waals surface area contributed by atoms with Crippen molar-refractivity contribution in [3.05, 3.63) is 45.7 Å². The molecular weight excluding hydrogens is 324 g/mol. The Morgan fingerprint density at radius 3 is 2.33 bits per heavy atom. The van der Waals surface area contributed by atoms with Crippen LogP contribution in [0.5, 0.6) is 0 Å². The standard InChI is InChI=1S/C18H23ClN4O/c1-10-7-11(2)15(13(19)8-10)22-16(24)14-9-12(3)20-17(21-14)23-18(4,5)6/h7-9H,1-6H3,(H,22,24)(H,20,21,23). The first-order valence-electron chi connectivity index (χ1n) is 7.77. The van der Waals surface area contributed by atoms with Crippen LogP contribution in [0.15, 0.2) is 18.2 Å². The minimum absolute atomic E-state index is 0.196. The van der Waals surface area contributed by atoms with Gasteiger partial charge in [0.25, 0.3) is 5.91 Å². The van der Waals surface area contributed by atoms with Crippen molar-refractivity contribution in [1.82, 2.24) is 9.97 Å². The molecule has 2 N–H and O–H groups in total. The first-order valence-corrected chi connectivity index (χ1v) is 8.15. The molecule has 5 nitrogen and oxygen atoms in total. The molecule has 1 heterocycles. The Hall–Kier alpha value is -2.14. The maximum atomic E-state index is 12.6. The Balaban J connectivity index is 2.31. The summed E-state index contributed by atoms with van der Waals surface area (Å²) in [5, 5.41) is 6.55. The zero-order chi connectivity index (χ0) is 18.1. The summed E-state index contributed by atoms with van der Waals surface area (Å²) < 4.78 is 0. The van der Waals surface area contributed by atoms with Crippen molar-refractivity contribution < 1.29 is 4.79 Å². The average Bonchev–Trinajstić information content (AvgIpc) is 2.39. The lowest BCUT2D eigenvalue weighted by Gasteiger charge is -2.21. The van der Waals surface area contributed by atoms with E-state index < -0.39 is 0 Å². The zero-order valence-corrected chi connectivity index (χ0v) is 15.7. The molecule has 0 radical (unpaired) electrons. The number of hydrogen-bond donors (Lipinski definition) is 2. The van der Waals surface area contributed by atoms with Crippen LogP contribution >= 0.6 is 11.6 Å². The van der Waals surface area contributed by atoms with Gasteiger partial charge in [-0.25, -0.2) is 9.97 Å². The van der Waals surface area contributed by atoms with E-state index in [0.717, 1.165) is 11.1 Å². The number of nitrogens with zero attached hydrogens (tertiary/aromatic N) is 2. The van der Waals surface area contributed by atoms with Crippen LogP contribution in [0.4, 0.5) is 11.6 Å². The molecule has 1 amide bonds. The quantitative estimate of drug-likeness (QED) is 0.857. The summed E-state index contributed by atoms with van der Waals surface area (Å²) in [6, 6.07) is 5.45. The van der Waals surface area contributed by atoms with Gasteiger partial charge in [-0.1, -0.05) is 17.7 Å². The summed E-state index contributed by atoms with van der Waals surface area (Å²) in [4.78, 5) is 21.2. The van der Waals surface area contributed by atoms with Gasteiger partial charge < -0.3 is 10.6 Å². The first kappa shape index (κ1) is 18.2. The van der Waals surface area contributed by atoms with Gasteiger partial charge in [-0.05, 0) is 64.8 Å². The van der Waals surface area contributed by atoms with E-state index in [2.05, 4.69) is 20.6 Å². The molecule has 0 bridgehead atoms. The number of carbonyl (C=O) groups is 1. The molecule has 0 saturated heterocycles. The molecule has 2 aromatic rings. The number of hydrogen-bond acceptors (Lipinski definition) is 4. The number of benzene rings is 1. The highest BCUT2D eigenvalue weighted by atomic mass is 35.5. The lowest BCUT2D eigenvalue weighted by Crippen LogP contribution is -2.28. The van der Waals surface area contributed by atoms with Crippen molar-refractivity contribution in [2.75, 3.05) is 10.6 Å². The van der Waals surface area contributed by atoms with E-state index >= 15 is 0 Å². The maximum Gasteiger partial charge on any atom is 0.274 e. The lowest BCUT2D eigenvalue weighted by atomic mass is 10.1. The van der Waals surface area contributed by atoms with Crippen LogP contribution in [-0.2, 0) is 0 Å². The maximum absolute atomic E-state index is 12.6. The molecule has 0 spiro atoms. The predicted molar refractivity (Wildman–Crippen MR) is 99.0 cm³/mol. The minimum atomic E-state index is -0.314. The number of carbonyl (C=O) groups excluding carboxylic acids is 1. The van der Waals surface area contributed by atoms with Gasteiger partial charge in [0.15, 0.2) is 0 Å². The second-order valence-corrected chi connectivity index (χ2v) is 7.39. The third-order valence-electron chi connectivity index (χ3n) is 3.24. The Labute approximate surface area is 147 Å². The summed E-state index contributed by atoms with van der Waals surface area (Å²) in [7, 11) is 0. The highest BCUT2D eigenvalue weighted by molar-refractivity contribution is 6.34. The van der Waals surface area contributed by atoms with Crippen LogP contribution in [0.1, 0.15) is 48.1 Å². The summed E-state index contributed by atoms with van der Waals surface area (Å²) in [6.07, 6.45) is 0. The van der Waals surface area contributed by atoms with E-state index in [-0.39, 0.29) is 11.4 Å². The highest BCUT2D eigenvalue weighted by Crippen LogP contribution is 2.27. The van der Waals surface area contributed by atoms with E-state index in [0.29, 0.717) is 28.0 Å². The van der Waals surface area contributed by atoms with E-state index in [1.165, 1.54) is 0 Å². The second kappa shape index (κ2) is 6.77. The van der Waals surface area contributed by atoms with Gasteiger partial charge >= 0.3 is 0 Å². The van der Waals surface area contributed by atoms with Crippen LogP contribution in [0.25, 0.3) is 0 Å². The highest BCUT2D eigenvalue weighted by Gasteiger charge is 2.17. The fraction of sp³-hybridized carbons (Fsp3) is 0.389. The molecule has 0 aliphatic heterocycles. The van der Waals surface area contributed by atoms with Crippen molar-refractivity contribution in [3.8, 4) is 0 Å². The molecule has 0 aliphatic rings.